The number of fused-ring (bicyclic) bond motifs is 1. The summed E-state index contributed by atoms with van der Waals surface area (Å²) in [6.45, 7) is 8.96. The van der Waals surface area contributed by atoms with Crippen molar-refractivity contribution in [3.63, 3.8) is 0 Å². The minimum absolute atomic E-state index is 0.300. The number of rotatable bonds is 6. The molecule has 2 aromatic heterocycles. The molecule has 1 unspecified atom stereocenters. The van der Waals surface area contributed by atoms with E-state index in [4.69, 9.17) is 9.47 Å². The molecule has 8 heteroatoms. The number of nitrogens with zero attached hydrogens (tertiary/aromatic N) is 4. The van der Waals surface area contributed by atoms with Crippen LogP contribution in [-0.2, 0) is 17.5 Å². The van der Waals surface area contributed by atoms with Crippen molar-refractivity contribution in [1.29, 1.82) is 0 Å². The minimum Gasteiger partial charge on any atom is -0.476 e. The number of aryl methyl sites for hydroxylation is 2. The van der Waals surface area contributed by atoms with Crippen LogP contribution >= 0.6 is 0 Å². The Bertz CT molecular complexity index is 989. The van der Waals surface area contributed by atoms with Crippen molar-refractivity contribution >= 4 is 11.0 Å². The number of pyridine rings is 2. The predicted octanol–water partition coefficient (Wildman–Crippen LogP) is 3.02. The molecule has 0 aromatic carbocycles. The number of aromatic nitrogens is 2. The molecule has 0 amide bonds. The Morgan fingerprint density at radius 2 is 2.06 bits per heavy atom. The van der Waals surface area contributed by atoms with Crippen LogP contribution in [0.25, 0.3) is 0 Å². The Hall–Kier alpha value is -2.03. The second-order valence-corrected chi connectivity index (χ2v) is 10.3. The fourth-order valence-electron chi connectivity index (χ4n) is 4.32. The third kappa shape index (κ3) is 4.47. The van der Waals surface area contributed by atoms with Gasteiger partial charge in [0.1, 0.15) is 28.1 Å². The molecule has 1 aliphatic carbocycles. The Morgan fingerprint density at radius 3 is 2.81 bits per heavy atom. The van der Waals surface area contributed by atoms with Gasteiger partial charge in [0.2, 0.25) is 11.8 Å². The Kier molecular flexibility index (Phi) is 5.71. The predicted molar refractivity (Wildman–Crippen MR) is 119 cm³/mol. The standard InChI is InChI=1S/C23H30N4O3S/c1-17-14-20-22(25-21(17)29-13-12-26-10-3-4-11-26)30-23(7-8-23)16-27(31(20)28)15-19-6-5-9-24-18(19)2/h5-6,9,14H,3-4,7-8,10-13,15-16H2,1-2H3. The van der Waals surface area contributed by atoms with E-state index >= 15 is 0 Å². The third-order valence-electron chi connectivity index (χ3n) is 6.41. The van der Waals surface area contributed by atoms with Crippen LogP contribution in [-0.4, -0.2) is 61.8 Å². The Labute approximate surface area is 186 Å². The van der Waals surface area contributed by atoms with Crippen molar-refractivity contribution in [2.45, 2.75) is 56.6 Å². The smallest absolute Gasteiger partial charge is 0.235 e. The van der Waals surface area contributed by atoms with Gasteiger partial charge in [0.05, 0.1) is 6.54 Å². The molecule has 1 saturated carbocycles. The maximum absolute atomic E-state index is 13.6. The van der Waals surface area contributed by atoms with Gasteiger partial charge in [-0.1, -0.05) is 6.07 Å². The summed E-state index contributed by atoms with van der Waals surface area (Å²) in [6.07, 6.45) is 6.23. The van der Waals surface area contributed by atoms with E-state index < -0.39 is 11.0 Å². The van der Waals surface area contributed by atoms with Crippen molar-refractivity contribution in [1.82, 2.24) is 19.2 Å². The third-order valence-corrected chi connectivity index (χ3v) is 7.81. The topological polar surface area (TPSA) is 67.8 Å². The normalized spacial score (nSPS) is 22.7. The van der Waals surface area contributed by atoms with Crippen molar-refractivity contribution < 1.29 is 13.7 Å². The molecule has 2 fully saturated rings. The van der Waals surface area contributed by atoms with Crippen LogP contribution in [0, 0.1) is 13.8 Å². The van der Waals surface area contributed by atoms with Crippen LogP contribution in [0.1, 0.15) is 42.5 Å². The summed E-state index contributed by atoms with van der Waals surface area (Å²) in [5.74, 6) is 1.05. The number of ether oxygens (including phenoxy) is 2. The van der Waals surface area contributed by atoms with Gasteiger partial charge in [-0.05, 0) is 70.3 Å². The van der Waals surface area contributed by atoms with E-state index in [9.17, 15) is 4.21 Å². The largest absolute Gasteiger partial charge is 0.476 e. The quantitative estimate of drug-likeness (QED) is 0.685. The van der Waals surface area contributed by atoms with Crippen molar-refractivity contribution in [2.24, 2.45) is 0 Å². The van der Waals surface area contributed by atoms with Gasteiger partial charge in [0, 0.05) is 30.5 Å². The molecule has 1 spiro atoms. The SMILES string of the molecule is Cc1cc2c(nc1OCCN1CCCC1)OC1(CC1)CN(Cc1cccnc1C)S2=O. The Morgan fingerprint density at radius 1 is 1.26 bits per heavy atom. The molecule has 7 nitrogen and oxygen atoms in total. The van der Waals surface area contributed by atoms with E-state index in [-0.39, 0.29) is 5.60 Å². The number of hydrogen-bond donors (Lipinski definition) is 0. The molecule has 0 radical (unpaired) electrons. The maximum Gasteiger partial charge on any atom is 0.235 e. The molecule has 1 atom stereocenters. The summed E-state index contributed by atoms with van der Waals surface area (Å²) in [4.78, 5) is 12.1. The highest BCUT2D eigenvalue weighted by molar-refractivity contribution is 7.82. The summed E-state index contributed by atoms with van der Waals surface area (Å²) < 4.78 is 27.9. The van der Waals surface area contributed by atoms with Crippen LogP contribution in [0.2, 0.25) is 0 Å². The molecule has 0 N–H and O–H groups in total. The van der Waals surface area contributed by atoms with E-state index in [1.54, 1.807) is 6.20 Å². The molecular formula is C23H30N4O3S. The van der Waals surface area contributed by atoms with E-state index in [1.807, 2.05) is 36.4 Å². The van der Waals surface area contributed by atoms with Crippen molar-refractivity contribution in [3.05, 3.63) is 41.2 Å². The van der Waals surface area contributed by atoms with Crippen molar-refractivity contribution in [3.8, 4) is 11.8 Å². The van der Waals surface area contributed by atoms with Crippen LogP contribution in [0.15, 0.2) is 29.3 Å². The fraction of sp³-hybridized carbons (Fsp3) is 0.565. The van der Waals surface area contributed by atoms with Crippen LogP contribution < -0.4 is 9.47 Å². The molecule has 166 valence electrons. The summed E-state index contributed by atoms with van der Waals surface area (Å²) in [7, 11) is -1.36. The van der Waals surface area contributed by atoms with Gasteiger partial charge in [-0.3, -0.25) is 9.88 Å². The van der Waals surface area contributed by atoms with Crippen LogP contribution in [0.5, 0.6) is 11.8 Å². The zero-order valence-electron chi connectivity index (χ0n) is 18.3. The van der Waals surface area contributed by atoms with E-state index in [0.717, 1.165) is 49.3 Å². The van der Waals surface area contributed by atoms with E-state index in [1.165, 1.54) is 12.8 Å². The molecule has 1 saturated heterocycles. The van der Waals surface area contributed by atoms with Crippen LogP contribution in [0.3, 0.4) is 0 Å². The molecule has 0 bridgehead atoms. The zero-order chi connectivity index (χ0) is 21.4. The second kappa shape index (κ2) is 8.48. The van der Waals surface area contributed by atoms with Gasteiger partial charge in [-0.2, -0.15) is 4.98 Å². The monoisotopic (exact) mass is 442 g/mol. The Balaban J connectivity index is 1.37. The van der Waals surface area contributed by atoms with E-state index in [0.29, 0.717) is 36.4 Å². The first kappa shape index (κ1) is 20.8. The lowest BCUT2D eigenvalue weighted by Gasteiger charge is -2.22. The van der Waals surface area contributed by atoms with Gasteiger partial charge in [0.25, 0.3) is 0 Å². The lowest BCUT2D eigenvalue weighted by molar-refractivity contribution is 0.142. The first-order chi connectivity index (χ1) is 15.0. The highest BCUT2D eigenvalue weighted by atomic mass is 32.2. The lowest BCUT2D eigenvalue weighted by atomic mass is 10.2. The molecule has 5 rings (SSSR count). The molecular weight excluding hydrogens is 412 g/mol. The molecule has 2 aromatic rings. The first-order valence-corrected chi connectivity index (χ1v) is 12.3. The van der Waals surface area contributed by atoms with Crippen LogP contribution in [0.4, 0.5) is 0 Å². The zero-order valence-corrected chi connectivity index (χ0v) is 19.1. The summed E-state index contributed by atoms with van der Waals surface area (Å²) in [6, 6.07) is 5.90. The van der Waals surface area contributed by atoms with Gasteiger partial charge in [0.15, 0.2) is 0 Å². The average molecular weight is 443 g/mol. The minimum atomic E-state index is -1.36. The summed E-state index contributed by atoms with van der Waals surface area (Å²) in [5, 5.41) is 0. The summed E-state index contributed by atoms with van der Waals surface area (Å²) >= 11 is 0. The average Bonchev–Trinajstić information content (AvgIpc) is 3.32. The lowest BCUT2D eigenvalue weighted by Crippen LogP contribution is -2.35. The van der Waals surface area contributed by atoms with Gasteiger partial charge < -0.3 is 9.47 Å². The highest BCUT2D eigenvalue weighted by Gasteiger charge is 2.51. The van der Waals surface area contributed by atoms with Crippen molar-refractivity contribution in [2.75, 3.05) is 32.8 Å². The maximum atomic E-state index is 13.6. The van der Waals surface area contributed by atoms with E-state index in [2.05, 4.69) is 14.9 Å². The molecule has 4 heterocycles. The fourth-order valence-corrected chi connectivity index (χ4v) is 5.72. The number of hydrogen-bond acceptors (Lipinski definition) is 6. The second-order valence-electron chi connectivity index (χ2n) is 8.89. The van der Waals surface area contributed by atoms with Gasteiger partial charge in [-0.25, -0.2) is 8.51 Å². The summed E-state index contributed by atoms with van der Waals surface area (Å²) in [5.41, 5.74) is 2.64. The molecule has 3 aliphatic rings. The highest BCUT2D eigenvalue weighted by Crippen LogP contribution is 2.46. The first-order valence-electron chi connectivity index (χ1n) is 11.2. The van der Waals surface area contributed by atoms with Gasteiger partial charge >= 0.3 is 0 Å². The number of likely N-dealkylation sites (tertiary alicyclic amines) is 1. The molecule has 2 aliphatic heterocycles. The van der Waals surface area contributed by atoms with Gasteiger partial charge in [-0.15, -0.1) is 0 Å². The molecule has 31 heavy (non-hydrogen) atoms.